The molecular formula is C17H23N3O. The third-order valence-corrected chi connectivity index (χ3v) is 3.61. The third kappa shape index (κ3) is 3.80. The molecule has 0 bridgehead atoms. The van der Waals surface area contributed by atoms with Gasteiger partial charge in [0.2, 0.25) is 0 Å². The van der Waals surface area contributed by atoms with Crippen LogP contribution in [0.1, 0.15) is 24.1 Å². The molecule has 1 aromatic carbocycles. The molecule has 0 aliphatic carbocycles. The highest BCUT2D eigenvalue weighted by molar-refractivity contribution is 5.36. The number of ether oxygens (including phenoxy) is 1. The molecule has 1 aromatic heterocycles. The van der Waals surface area contributed by atoms with E-state index < -0.39 is 0 Å². The second kappa shape index (κ2) is 7.20. The van der Waals surface area contributed by atoms with Gasteiger partial charge in [-0.25, -0.2) is 0 Å². The van der Waals surface area contributed by atoms with Crippen molar-refractivity contribution in [2.75, 3.05) is 14.2 Å². The molecule has 2 aromatic rings. The van der Waals surface area contributed by atoms with Gasteiger partial charge in [0, 0.05) is 30.5 Å². The lowest BCUT2D eigenvalue weighted by Crippen LogP contribution is -2.37. The van der Waals surface area contributed by atoms with Crippen molar-refractivity contribution >= 4 is 0 Å². The number of nitrogens with zero attached hydrogens (tertiary/aromatic N) is 2. The minimum absolute atomic E-state index is 0.00635. The van der Waals surface area contributed by atoms with E-state index in [0.717, 1.165) is 17.9 Å². The van der Waals surface area contributed by atoms with Crippen LogP contribution in [0.15, 0.2) is 48.8 Å². The van der Waals surface area contributed by atoms with Crippen LogP contribution in [0.3, 0.4) is 0 Å². The Balaban J connectivity index is 2.26. The Kier molecular flexibility index (Phi) is 5.31. The number of hydrogen-bond donors (Lipinski definition) is 1. The quantitative estimate of drug-likeness (QED) is 0.886. The van der Waals surface area contributed by atoms with Gasteiger partial charge in [-0.05, 0) is 37.7 Å². The van der Waals surface area contributed by atoms with E-state index in [4.69, 9.17) is 10.5 Å². The zero-order chi connectivity index (χ0) is 15.2. The normalized spacial score (nSPS) is 14.0. The standard InChI is InChI=1S/C17H23N3O/c1-13(18)17(15-6-4-5-7-16(15)21-3)20(2)12-14-8-10-19-11-9-14/h4-11,13,17H,12,18H2,1-3H3. The van der Waals surface area contributed by atoms with Crippen molar-refractivity contribution in [3.8, 4) is 5.75 Å². The molecule has 0 saturated heterocycles. The van der Waals surface area contributed by atoms with E-state index in [1.165, 1.54) is 5.56 Å². The maximum atomic E-state index is 6.24. The fourth-order valence-electron chi connectivity index (χ4n) is 2.71. The number of pyridine rings is 1. The maximum Gasteiger partial charge on any atom is 0.123 e. The molecular weight excluding hydrogens is 262 g/mol. The zero-order valence-corrected chi connectivity index (χ0v) is 12.9. The highest BCUT2D eigenvalue weighted by atomic mass is 16.5. The number of likely N-dealkylation sites (N-methyl/N-ethyl adjacent to an activating group) is 1. The first-order valence-corrected chi connectivity index (χ1v) is 7.11. The fourth-order valence-corrected chi connectivity index (χ4v) is 2.71. The van der Waals surface area contributed by atoms with Crippen LogP contribution in [-0.4, -0.2) is 30.1 Å². The van der Waals surface area contributed by atoms with Gasteiger partial charge in [0.1, 0.15) is 5.75 Å². The van der Waals surface area contributed by atoms with Crippen LogP contribution in [0.25, 0.3) is 0 Å². The Morgan fingerprint density at radius 1 is 1.19 bits per heavy atom. The Bertz CT molecular complexity index is 557. The summed E-state index contributed by atoms with van der Waals surface area (Å²) in [4.78, 5) is 6.30. The summed E-state index contributed by atoms with van der Waals surface area (Å²) < 4.78 is 5.48. The van der Waals surface area contributed by atoms with Crippen molar-refractivity contribution in [1.82, 2.24) is 9.88 Å². The molecule has 21 heavy (non-hydrogen) atoms. The van der Waals surface area contributed by atoms with E-state index in [1.807, 2.05) is 49.6 Å². The Hall–Kier alpha value is -1.91. The molecule has 0 amide bonds. The molecule has 0 spiro atoms. The summed E-state index contributed by atoms with van der Waals surface area (Å²) in [5.41, 5.74) is 8.57. The first-order chi connectivity index (χ1) is 10.1. The predicted octanol–water partition coefficient (Wildman–Crippen LogP) is 2.61. The summed E-state index contributed by atoms with van der Waals surface area (Å²) in [7, 11) is 3.78. The molecule has 112 valence electrons. The van der Waals surface area contributed by atoms with Crippen LogP contribution >= 0.6 is 0 Å². The van der Waals surface area contributed by atoms with Gasteiger partial charge in [-0.1, -0.05) is 18.2 Å². The van der Waals surface area contributed by atoms with Crippen LogP contribution in [0, 0.1) is 0 Å². The highest BCUT2D eigenvalue weighted by Crippen LogP contribution is 2.31. The maximum absolute atomic E-state index is 6.24. The van der Waals surface area contributed by atoms with Gasteiger partial charge in [-0.3, -0.25) is 9.88 Å². The van der Waals surface area contributed by atoms with Gasteiger partial charge in [0.05, 0.1) is 13.2 Å². The largest absolute Gasteiger partial charge is 0.496 e. The first-order valence-electron chi connectivity index (χ1n) is 7.11. The monoisotopic (exact) mass is 285 g/mol. The van der Waals surface area contributed by atoms with Crippen LogP contribution in [0.5, 0.6) is 5.75 Å². The molecule has 1 heterocycles. The number of hydrogen-bond acceptors (Lipinski definition) is 4. The molecule has 2 rings (SSSR count). The van der Waals surface area contributed by atoms with Crippen molar-refractivity contribution in [2.24, 2.45) is 5.73 Å². The smallest absolute Gasteiger partial charge is 0.123 e. The summed E-state index contributed by atoms with van der Waals surface area (Å²) in [6.07, 6.45) is 3.63. The van der Waals surface area contributed by atoms with Crippen LogP contribution in [0.4, 0.5) is 0 Å². The molecule has 0 aliphatic heterocycles. The molecule has 4 heteroatoms. The van der Waals surface area contributed by atoms with Crippen molar-refractivity contribution in [2.45, 2.75) is 25.6 Å². The van der Waals surface area contributed by atoms with E-state index in [9.17, 15) is 0 Å². The molecule has 2 atom stereocenters. The molecule has 2 unspecified atom stereocenters. The Morgan fingerprint density at radius 2 is 1.86 bits per heavy atom. The van der Waals surface area contributed by atoms with Gasteiger partial charge in [-0.2, -0.15) is 0 Å². The molecule has 4 nitrogen and oxygen atoms in total. The molecule has 2 N–H and O–H groups in total. The van der Waals surface area contributed by atoms with Gasteiger partial charge >= 0.3 is 0 Å². The van der Waals surface area contributed by atoms with Crippen molar-refractivity contribution in [3.05, 3.63) is 59.9 Å². The minimum Gasteiger partial charge on any atom is -0.496 e. The summed E-state index contributed by atoms with van der Waals surface area (Å²) in [6, 6.07) is 12.2. The molecule has 0 aliphatic rings. The number of methoxy groups -OCH3 is 1. The number of para-hydroxylation sites is 1. The average Bonchev–Trinajstić information content (AvgIpc) is 2.48. The predicted molar refractivity (Wildman–Crippen MR) is 85.1 cm³/mol. The SMILES string of the molecule is COc1ccccc1C(C(C)N)N(C)Cc1ccncc1. The number of benzene rings is 1. The summed E-state index contributed by atoms with van der Waals surface area (Å²) in [5.74, 6) is 0.876. The van der Waals surface area contributed by atoms with Crippen LogP contribution in [-0.2, 0) is 6.54 Å². The second-order valence-electron chi connectivity index (χ2n) is 5.32. The van der Waals surface area contributed by atoms with E-state index in [-0.39, 0.29) is 12.1 Å². The number of rotatable bonds is 6. The lowest BCUT2D eigenvalue weighted by molar-refractivity contribution is 0.206. The second-order valence-corrected chi connectivity index (χ2v) is 5.32. The van der Waals surface area contributed by atoms with E-state index in [0.29, 0.717) is 0 Å². The lowest BCUT2D eigenvalue weighted by atomic mass is 9.98. The summed E-state index contributed by atoms with van der Waals surface area (Å²) in [6.45, 7) is 2.84. The zero-order valence-electron chi connectivity index (χ0n) is 12.9. The molecule has 0 fully saturated rings. The summed E-state index contributed by atoms with van der Waals surface area (Å²) in [5, 5.41) is 0. The third-order valence-electron chi connectivity index (χ3n) is 3.61. The lowest BCUT2D eigenvalue weighted by Gasteiger charge is -2.32. The van der Waals surface area contributed by atoms with Crippen LogP contribution < -0.4 is 10.5 Å². The number of nitrogens with two attached hydrogens (primary N) is 1. The van der Waals surface area contributed by atoms with Gasteiger partial charge in [-0.15, -0.1) is 0 Å². The van der Waals surface area contributed by atoms with Crippen molar-refractivity contribution in [1.29, 1.82) is 0 Å². The first kappa shape index (κ1) is 15.5. The average molecular weight is 285 g/mol. The fraction of sp³-hybridized carbons (Fsp3) is 0.353. The Labute approximate surface area is 126 Å². The Morgan fingerprint density at radius 3 is 2.48 bits per heavy atom. The van der Waals surface area contributed by atoms with Gasteiger partial charge < -0.3 is 10.5 Å². The van der Waals surface area contributed by atoms with E-state index in [1.54, 1.807) is 7.11 Å². The van der Waals surface area contributed by atoms with E-state index in [2.05, 4.69) is 23.0 Å². The van der Waals surface area contributed by atoms with E-state index >= 15 is 0 Å². The highest BCUT2D eigenvalue weighted by Gasteiger charge is 2.24. The molecule has 0 radical (unpaired) electrons. The summed E-state index contributed by atoms with van der Waals surface area (Å²) >= 11 is 0. The van der Waals surface area contributed by atoms with Crippen LogP contribution in [0.2, 0.25) is 0 Å². The van der Waals surface area contributed by atoms with Gasteiger partial charge in [0.15, 0.2) is 0 Å². The minimum atomic E-state index is -0.00635. The van der Waals surface area contributed by atoms with Crippen molar-refractivity contribution < 1.29 is 4.74 Å². The van der Waals surface area contributed by atoms with Crippen molar-refractivity contribution in [3.63, 3.8) is 0 Å². The molecule has 0 saturated carbocycles. The number of aromatic nitrogens is 1. The topological polar surface area (TPSA) is 51.4 Å². The van der Waals surface area contributed by atoms with Gasteiger partial charge in [0.25, 0.3) is 0 Å².